The Labute approximate surface area is 134 Å². The molecule has 1 amide bonds. The van der Waals surface area contributed by atoms with Crippen LogP contribution in [0.4, 0.5) is 5.69 Å². The number of rotatable bonds is 5. The van der Waals surface area contributed by atoms with Gasteiger partial charge in [-0.15, -0.1) is 11.3 Å². The molecule has 1 aliphatic rings. The molecular weight excluding hydrogens is 294 g/mol. The summed E-state index contributed by atoms with van der Waals surface area (Å²) in [7, 11) is 0. The summed E-state index contributed by atoms with van der Waals surface area (Å²) in [6.45, 7) is 2.87. The van der Waals surface area contributed by atoms with Gasteiger partial charge < -0.3 is 11.1 Å². The monoisotopic (exact) mass is 315 g/mol. The van der Waals surface area contributed by atoms with Crippen molar-refractivity contribution in [3.8, 4) is 0 Å². The van der Waals surface area contributed by atoms with E-state index in [1.165, 1.54) is 17.7 Å². The Kier molecular flexibility index (Phi) is 4.75. The number of nitrogens with zero attached hydrogens (tertiary/aromatic N) is 1. The maximum atomic E-state index is 12.3. The average molecular weight is 315 g/mol. The quantitative estimate of drug-likeness (QED) is 0.834. The second-order valence-corrected chi connectivity index (χ2v) is 6.59. The van der Waals surface area contributed by atoms with E-state index in [0.29, 0.717) is 17.8 Å². The van der Waals surface area contributed by atoms with Crippen LogP contribution in [0.25, 0.3) is 0 Å². The molecule has 4 nitrogen and oxygen atoms in total. The van der Waals surface area contributed by atoms with E-state index < -0.39 is 0 Å². The van der Waals surface area contributed by atoms with Gasteiger partial charge in [-0.25, -0.2) is 0 Å². The standard InChI is InChI=1S/C17H21N3OS/c18-14-7-5-13(6-8-14)17(21)19-12-15(16-4-3-11-22-16)20-9-1-2-10-20/h3-8,11,15H,1-2,9-10,12,18H2,(H,19,21). The first-order valence-corrected chi connectivity index (χ1v) is 8.53. The number of thiophene rings is 1. The first-order valence-electron chi connectivity index (χ1n) is 7.65. The Morgan fingerprint density at radius 1 is 1.23 bits per heavy atom. The third kappa shape index (κ3) is 3.48. The van der Waals surface area contributed by atoms with Crippen LogP contribution < -0.4 is 11.1 Å². The largest absolute Gasteiger partial charge is 0.399 e. The molecule has 0 bridgehead atoms. The normalized spacial score (nSPS) is 16.5. The molecule has 0 saturated carbocycles. The molecule has 1 unspecified atom stereocenters. The van der Waals surface area contributed by atoms with Crippen molar-refractivity contribution in [3.05, 3.63) is 52.2 Å². The van der Waals surface area contributed by atoms with Gasteiger partial charge in [-0.2, -0.15) is 0 Å². The van der Waals surface area contributed by atoms with Crippen molar-refractivity contribution in [1.29, 1.82) is 0 Å². The minimum Gasteiger partial charge on any atom is -0.399 e. The number of likely N-dealkylation sites (tertiary alicyclic amines) is 1. The number of hydrogen-bond donors (Lipinski definition) is 2. The molecule has 1 aliphatic heterocycles. The lowest BCUT2D eigenvalue weighted by molar-refractivity contribution is 0.0938. The molecule has 2 heterocycles. The third-order valence-electron chi connectivity index (χ3n) is 4.08. The molecule has 3 N–H and O–H groups in total. The minimum atomic E-state index is -0.0410. The van der Waals surface area contributed by atoms with Gasteiger partial charge in [0.05, 0.1) is 6.04 Å². The second kappa shape index (κ2) is 6.94. The first-order chi connectivity index (χ1) is 10.7. The van der Waals surface area contributed by atoms with Crippen molar-refractivity contribution < 1.29 is 4.79 Å². The summed E-state index contributed by atoms with van der Waals surface area (Å²) in [6, 6.07) is 11.5. The molecule has 0 radical (unpaired) electrons. The number of hydrogen-bond acceptors (Lipinski definition) is 4. The minimum absolute atomic E-state index is 0.0410. The van der Waals surface area contributed by atoms with Crippen LogP contribution in [-0.2, 0) is 0 Å². The van der Waals surface area contributed by atoms with Crippen LogP contribution in [0, 0.1) is 0 Å². The van der Waals surface area contributed by atoms with Crippen LogP contribution in [0.15, 0.2) is 41.8 Å². The number of benzene rings is 1. The van der Waals surface area contributed by atoms with Gasteiger partial charge in [0.15, 0.2) is 0 Å². The molecule has 2 aromatic rings. The number of nitrogen functional groups attached to an aromatic ring is 1. The molecule has 1 aromatic heterocycles. The molecular formula is C17H21N3OS. The van der Waals surface area contributed by atoms with Crippen molar-refractivity contribution in [2.45, 2.75) is 18.9 Å². The molecule has 1 atom stereocenters. The zero-order valence-corrected chi connectivity index (χ0v) is 13.3. The molecule has 1 saturated heterocycles. The van der Waals surface area contributed by atoms with Crippen molar-refractivity contribution in [1.82, 2.24) is 10.2 Å². The molecule has 5 heteroatoms. The predicted molar refractivity (Wildman–Crippen MR) is 91.1 cm³/mol. The number of anilines is 1. The van der Waals surface area contributed by atoms with Crippen LogP contribution >= 0.6 is 11.3 Å². The number of nitrogens with one attached hydrogen (secondary N) is 1. The van der Waals surface area contributed by atoms with Gasteiger partial charge in [0, 0.05) is 22.7 Å². The highest BCUT2D eigenvalue weighted by Gasteiger charge is 2.24. The van der Waals surface area contributed by atoms with E-state index >= 15 is 0 Å². The zero-order valence-electron chi connectivity index (χ0n) is 12.5. The summed E-state index contributed by atoms with van der Waals surface area (Å²) in [5, 5.41) is 5.17. The fraction of sp³-hybridized carbons (Fsp3) is 0.353. The van der Waals surface area contributed by atoms with E-state index in [2.05, 4.69) is 27.7 Å². The maximum Gasteiger partial charge on any atom is 0.251 e. The number of nitrogens with two attached hydrogens (primary N) is 1. The van der Waals surface area contributed by atoms with Gasteiger partial charge >= 0.3 is 0 Å². The summed E-state index contributed by atoms with van der Waals surface area (Å²) in [6.07, 6.45) is 2.49. The van der Waals surface area contributed by atoms with Gasteiger partial charge in [0.1, 0.15) is 0 Å². The van der Waals surface area contributed by atoms with Crippen LogP contribution in [0.3, 0.4) is 0 Å². The van der Waals surface area contributed by atoms with Crippen LogP contribution in [-0.4, -0.2) is 30.4 Å². The Balaban J connectivity index is 1.66. The van der Waals surface area contributed by atoms with Crippen LogP contribution in [0.1, 0.15) is 34.1 Å². The highest BCUT2D eigenvalue weighted by Crippen LogP contribution is 2.27. The van der Waals surface area contributed by atoms with E-state index in [0.717, 1.165) is 13.1 Å². The van der Waals surface area contributed by atoms with Gasteiger partial charge in [-0.3, -0.25) is 9.69 Å². The van der Waals surface area contributed by atoms with E-state index in [9.17, 15) is 4.79 Å². The van der Waals surface area contributed by atoms with E-state index in [1.54, 1.807) is 35.6 Å². The fourth-order valence-electron chi connectivity index (χ4n) is 2.87. The second-order valence-electron chi connectivity index (χ2n) is 5.61. The highest BCUT2D eigenvalue weighted by molar-refractivity contribution is 7.10. The Morgan fingerprint density at radius 2 is 1.95 bits per heavy atom. The Hall–Kier alpha value is -1.85. The molecule has 1 aromatic carbocycles. The lowest BCUT2D eigenvalue weighted by atomic mass is 10.1. The van der Waals surface area contributed by atoms with Crippen molar-refractivity contribution >= 4 is 22.9 Å². The van der Waals surface area contributed by atoms with Gasteiger partial charge in [-0.1, -0.05) is 6.07 Å². The number of amides is 1. The van der Waals surface area contributed by atoms with Crippen molar-refractivity contribution in [2.24, 2.45) is 0 Å². The summed E-state index contributed by atoms with van der Waals surface area (Å²) in [5.41, 5.74) is 6.98. The Bertz CT molecular complexity index is 603. The molecule has 0 spiro atoms. The van der Waals surface area contributed by atoms with E-state index in [1.807, 2.05) is 0 Å². The van der Waals surface area contributed by atoms with Crippen LogP contribution in [0.5, 0.6) is 0 Å². The highest BCUT2D eigenvalue weighted by atomic mass is 32.1. The topological polar surface area (TPSA) is 58.4 Å². The summed E-state index contributed by atoms with van der Waals surface area (Å²) < 4.78 is 0. The number of carbonyl (C=O) groups is 1. The summed E-state index contributed by atoms with van der Waals surface area (Å²) in [4.78, 5) is 16.1. The molecule has 1 fully saturated rings. The molecule has 22 heavy (non-hydrogen) atoms. The first kappa shape index (κ1) is 15.1. The van der Waals surface area contributed by atoms with Crippen molar-refractivity contribution in [2.75, 3.05) is 25.4 Å². The maximum absolute atomic E-state index is 12.3. The lowest BCUT2D eigenvalue weighted by Gasteiger charge is -2.26. The van der Waals surface area contributed by atoms with Gasteiger partial charge in [-0.05, 0) is 61.6 Å². The fourth-order valence-corrected chi connectivity index (χ4v) is 3.73. The van der Waals surface area contributed by atoms with Gasteiger partial charge in [0.25, 0.3) is 5.91 Å². The number of carbonyl (C=O) groups excluding carboxylic acids is 1. The summed E-state index contributed by atoms with van der Waals surface area (Å²) >= 11 is 1.76. The molecule has 3 rings (SSSR count). The summed E-state index contributed by atoms with van der Waals surface area (Å²) in [5.74, 6) is -0.0410. The third-order valence-corrected chi connectivity index (χ3v) is 5.06. The molecule has 0 aliphatic carbocycles. The predicted octanol–water partition coefficient (Wildman–Crippen LogP) is 2.90. The van der Waals surface area contributed by atoms with Crippen LogP contribution in [0.2, 0.25) is 0 Å². The smallest absolute Gasteiger partial charge is 0.251 e. The Morgan fingerprint density at radius 3 is 2.59 bits per heavy atom. The van der Waals surface area contributed by atoms with Crippen molar-refractivity contribution in [3.63, 3.8) is 0 Å². The zero-order chi connectivity index (χ0) is 15.4. The van der Waals surface area contributed by atoms with Gasteiger partial charge in [0.2, 0.25) is 0 Å². The molecule has 116 valence electrons. The average Bonchev–Trinajstić information content (AvgIpc) is 3.22. The van der Waals surface area contributed by atoms with E-state index in [-0.39, 0.29) is 11.9 Å². The lowest BCUT2D eigenvalue weighted by Crippen LogP contribution is -2.36. The SMILES string of the molecule is Nc1ccc(C(=O)NCC(c2cccs2)N2CCCC2)cc1. The van der Waals surface area contributed by atoms with E-state index in [4.69, 9.17) is 5.73 Å².